The zero-order valence-electron chi connectivity index (χ0n) is 21.5. The molecule has 0 atom stereocenters. The van der Waals surface area contributed by atoms with Crippen molar-refractivity contribution in [3.05, 3.63) is 84.1 Å². The molecule has 35 heavy (non-hydrogen) atoms. The van der Waals surface area contributed by atoms with Crippen molar-refractivity contribution in [2.24, 2.45) is 0 Å². The van der Waals surface area contributed by atoms with Gasteiger partial charge < -0.3 is 5.32 Å². The molecule has 1 aromatic heterocycles. The zero-order valence-corrected chi connectivity index (χ0v) is 22.5. The maximum absolute atomic E-state index is 13.7. The lowest BCUT2D eigenvalue weighted by Gasteiger charge is -2.38. The van der Waals surface area contributed by atoms with Gasteiger partial charge in [-0.15, -0.1) is 5.54 Å². The van der Waals surface area contributed by atoms with Crippen LogP contribution >= 0.6 is 0 Å². The molecule has 4 heteroatoms. The first-order valence-corrected chi connectivity index (χ1v) is 14.7. The summed E-state index contributed by atoms with van der Waals surface area (Å²) in [6, 6.07) is 21.9. The van der Waals surface area contributed by atoms with Crippen molar-refractivity contribution >= 4 is 41.3 Å². The summed E-state index contributed by atoms with van der Waals surface area (Å²) in [7, 11) is -1.95. The van der Waals surface area contributed by atoms with Crippen LogP contribution in [-0.4, -0.2) is 19.0 Å². The number of carbonyl (C=O) groups excluding carboxylic acids is 1. The standard InChI is InChI=1S/C31H34N2OSi/c1-21(2)35(22(3)4,23(5)6)18-16-27-19-25-11-7-8-12-26(25)20-28(27)31(34)33-29-15-9-13-24-14-10-17-32-30(24)29/h7-15,17,19-23H,1-6H3,(H,33,34). The van der Waals surface area contributed by atoms with Gasteiger partial charge in [-0.3, -0.25) is 9.78 Å². The average molecular weight is 479 g/mol. The summed E-state index contributed by atoms with van der Waals surface area (Å²) < 4.78 is 0. The molecule has 4 aromatic rings. The predicted molar refractivity (Wildman–Crippen MR) is 152 cm³/mol. The lowest BCUT2D eigenvalue weighted by atomic mass is 10.0. The highest BCUT2D eigenvalue weighted by atomic mass is 28.3. The Bertz CT molecular complexity index is 1420. The molecule has 3 nitrogen and oxygen atoms in total. The third kappa shape index (κ3) is 4.74. The maximum atomic E-state index is 13.7. The van der Waals surface area contributed by atoms with Crippen LogP contribution in [0.2, 0.25) is 16.6 Å². The predicted octanol–water partition coefficient (Wildman–Crippen LogP) is 8.21. The average Bonchev–Trinajstić information content (AvgIpc) is 2.83. The summed E-state index contributed by atoms with van der Waals surface area (Å²) in [6.45, 7) is 13.8. The number of nitrogens with one attached hydrogen (secondary N) is 1. The quantitative estimate of drug-likeness (QED) is 0.232. The highest BCUT2D eigenvalue weighted by Gasteiger charge is 2.41. The fourth-order valence-electron chi connectivity index (χ4n) is 5.53. The second-order valence-corrected chi connectivity index (χ2v) is 15.8. The van der Waals surface area contributed by atoms with Crippen LogP contribution < -0.4 is 5.32 Å². The van der Waals surface area contributed by atoms with Gasteiger partial charge in [-0.1, -0.05) is 89.9 Å². The Morgan fingerprint density at radius 1 is 0.800 bits per heavy atom. The largest absolute Gasteiger partial charge is 0.320 e. The first-order valence-electron chi connectivity index (χ1n) is 12.4. The third-order valence-electron chi connectivity index (χ3n) is 7.29. The Hall–Kier alpha value is -3.42. The smallest absolute Gasteiger partial charge is 0.257 e. The summed E-state index contributed by atoms with van der Waals surface area (Å²) in [6.07, 6.45) is 1.75. The van der Waals surface area contributed by atoms with E-state index in [2.05, 4.69) is 75.4 Å². The Kier molecular flexibility index (Phi) is 7.09. The normalized spacial score (nSPS) is 11.8. The summed E-state index contributed by atoms with van der Waals surface area (Å²) in [5, 5.41) is 6.22. The van der Waals surface area contributed by atoms with E-state index < -0.39 is 8.07 Å². The van der Waals surface area contributed by atoms with E-state index in [0.717, 1.165) is 27.2 Å². The molecule has 0 spiro atoms. The third-order valence-corrected chi connectivity index (χ3v) is 13.6. The highest BCUT2D eigenvalue weighted by molar-refractivity contribution is 6.90. The fraction of sp³-hybridized carbons (Fsp3) is 0.290. The van der Waals surface area contributed by atoms with Crippen molar-refractivity contribution < 1.29 is 4.79 Å². The van der Waals surface area contributed by atoms with Crippen LogP contribution in [-0.2, 0) is 0 Å². The number of rotatable bonds is 5. The minimum atomic E-state index is -1.95. The van der Waals surface area contributed by atoms with Crippen molar-refractivity contribution in [3.8, 4) is 11.5 Å². The molecule has 0 bridgehead atoms. The molecule has 0 aliphatic rings. The number of para-hydroxylation sites is 1. The van der Waals surface area contributed by atoms with Crippen LogP contribution in [0.4, 0.5) is 5.69 Å². The van der Waals surface area contributed by atoms with E-state index in [0.29, 0.717) is 27.9 Å². The number of hydrogen-bond donors (Lipinski definition) is 1. The van der Waals surface area contributed by atoms with Crippen LogP contribution in [0.3, 0.4) is 0 Å². The van der Waals surface area contributed by atoms with Crippen molar-refractivity contribution in [3.63, 3.8) is 0 Å². The number of hydrogen-bond acceptors (Lipinski definition) is 2. The molecular weight excluding hydrogens is 444 g/mol. The Labute approximate surface area is 210 Å². The van der Waals surface area contributed by atoms with Crippen LogP contribution in [0.25, 0.3) is 21.7 Å². The number of aromatic nitrogens is 1. The van der Waals surface area contributed by atoms with Gasteiger partial charge in [0.1, 0.15) is 8.07 Å². The number of carbonyl (C=O) groups is 1. The van der Waals surface area contributed by atoms with Crippen molar-refractivity contribution in [2.75, 3.05) is 5.32 Å². The van der Waals surface area contributed by atoms with Gasteiger partial charge in [-0.25, -0.2) is 0 Å². The maximum Gasteiger partial charge on any atom is 0.257 e. The molecule has 178 valence electrons. The van der Waals surface area contributed by atoms with E-state index in [4.69, 9.17) is 0 Å². The van der Waals surface area contributed by atoms with Crippen molar-refractivity contribution in [1.29, 1.82) is 0 Å². The topological polar surface area (TPSA) is 42.0 Å². The van der Waals surface area contributed by atoms with Gasteiger partial charge in [0.05, 0.1) is 16.8 Å². The van der Waals surface area contributed by atoms with Gasteiger partial charge in [0.25, 0.3) is 5.91 Å². The molecule has 0 saturated heterocycles. The molecule has 0 radical (unpaired) electrons. The van der Waals surface area contributed by atoms with E-state index in [1.807, 2.05) is 54.6 Å². The summed E-state index contributed by atoms with van der Waals surface area (Å²) >= 11 is 0. The van der Waals surface area contributed by atoms with E-state index in [1.165, 1.54) is 0 Å². The van der Waals surface area contributed by atoms with Gasteiger partial charge in [0.2, 0.25) is 0 Å². The summed E-state index contributed by atoms with van der Waals surface area (Å²) in [5.41, 5.74) is 8.24. The minimum absolute atomic E-state index is 0.163. The molecule has 0 unspecified atom stereocenters. The minimum Gasteiger partial charge on any atom is -0.320 e. The van der Waals surface area contributed by atoms with Crippen LogP contribution in [0.15, 0.2) is 72.9 Å². The van der Waals surface area contributed by atoms with E-state index in [9.17, 15) is 4.79 Å². The molecular formula is C31H34N2OSi. The van der Waals surface area contributed by atoms with Crippen molar-refractivity contribution in [2.45, 2.75) is 58.2 Å². The molecule has 1 heterocycles. The van der Waals surface area contributed by atoms with Gasteiger partial charge in [-0.05, 0) is 51.7 Å². The second-order valence-electron chi connectivity index (χ2n) is 10.2. The SMILES string of the molecule is CC(C)[Si](C#Cc1cc2ccccc2cc1C(=O)Nc1cccc2cccnc12)(C(C)C)C(C)C. The lowest BCUT2D eigenvalue weighted by molar-refractivity contribution is 0.102. The molecule has 0 aliphatic carbocycles. The highest BCUT2D eigenvalue weighted by Crippen LogP contribution is 2.41. The second kappa shape index (κ2) is 10.1. The van der Waals surface area contributed by atoms with Gasteiger partial charge >= 0.3 is 0 Å². The Balaban J connectivity index is 1.84. The van der Waals surface area contributed by atoms with E-state index in [1.54, 1.807) is 6.20 Å². The first kappa shape index (κ1) is 24.7. The number of pyridine rings is 1. The molecule has 0 saturated carbocycles. The monoisotopic (exact) mass is 478 g/mol. The molecule has 3 aromatic carbocycles. The summed E-state index contributed by atoms with van der Waals surface area (Å²) in [4.78, 5) is 18.1. The number of fused-ring (bicyclic) bond motifs is 2. The Morgan fingerprint density at radius 2 is 1.40 bits per heavy atom. The van der Waals surface area contributed by atoms with Crippen LogP contribution in [0.5, 0.6) is 0 Å². The van der Waals surface area contributed by atoms with Crippen LogP contribution in [0, 0.1) is 11.5 Å². The molecule has 1 amide bonds. The molecule has 0 fully saturated rings. The molecule has 1 N–H and O–H groups in total. The van der Waals surface area contributed by atoms with Gasteiger partial charge in [0, 0.05) is 17.1 Å². The molecule has 0 aliphatic heterocycles. The number of benzene rings is 3. The fourth-order valence-corrected chi connectivity index (χ4v) is 10.8. The van der Waals surface area contributed by atoms with E-state index in [-0.39, 0.29) is 5.91 Å². The number of anilines is 1. The number of nitrogens with zero attached hydrogens (tertiary/aromatic N) is 1. The number of amides is 1. The van der Waals surface area contributed by atoms with Crippen molar-refractivity contribution in [1.82, 2.24) is 4.98 Å². The zero-order chi connectivity index (χ0) is 25.2. The lowest BCUT2D eigenvalue weighted by Crippen LogP contribution is -2.43. The summed E-state index contributed by atoms with van der Waals surface area (Å²) in [5.74, 6) is 3.37. The van der Waals surface area contributed by atoms with Crippen LogP contribution in [0.1, 0.15) is 57.5 Å². The van der Waals surface area contributed by atoms with E-state index >= 15 is 0 Å². The molecule has 4 rings (SSSR count). The Morgan fingerprint density at radius 3 is 2.06 bits per heavy atom. The first-order chi connectivity index (χ1) is 16.7. The van der Waals surface area contributed by atoms with Gasteiger partial charge in [-0.2, -0.15) is 0 Å². The van der Waals surface area contributed by atoms with Gasteiger partial charge in [0.15, 0.2) is 0 Å².